The Morgan fingerprint density at radius 3 is 2.40 bits per heavy atom. The number of piperidine rings is 1. The van der Waals surface area contributed by atoms with Crippen molar-refractivity contribution in [1.29, 1.82) is 0 Å². The normalized spacial score (nSPS) is 28.9. The molecule has 3 atom stereocenters. The molecule has 0 spiro atoms. The first-order valence-corrected chi connectivity index (χ1v) is 8.15. The van der Waals surface area contributed by atoms with Crippen molar-refractivity contribution in [3.8, 4) is 0 Å². The Labute approximate surface area is 122 Å². The highest BCUT2D eigenvalue weighted by molar-refractivity contribution is 5.97. The van der Waals surface area contributed by atoms with Gasteiger partial charge in [0.25, 0.3) is 0 Å². The molecule has 0 N–H and O–H groups in total. The van der Waals surface area contributed by atoms with Crippen LogP contribution in [0.4, 0.5) is 0 Å². The molecule has 0 radical (unpaired) electrons. The van der Waals surface area contributed by atoms with E-state index in [0.717, 1.165) is 38.6 Å². The van der Waals surface area contributed by atoms with Gasteiger partial charge in [0.15, 0.2) is 0 Å². The predicted molar refractivity (Wildman–Crippen MR) is 79.2 cm³/mol. The molecule has 0 aliphatic carbocycles. The van der Waals surface area contributed by atoms with Crippen molar-refractivity contribution in [3.05, 3.63) is 0 Å². The van der Waals surface area contributed by atoms with Crippen LogP contribution in [0.5, 0.6) is 0 Å². The molecule has 114 valence electrons. The molecule has 4 nitrogen and oxygen atoms in total. The monoisotopic (exact) mass is 280 g/mol. The molecule has 2 aliphatic rings. The topological polar surface area (TPSA) is 40.6 Å². The third kappa shape index (κ3) is 2.45. The fourth-order valence-corrected chi connectivity index (χ4v) is 3.93. The summed E-state index contributed by atoms with van der Waals surface area (Å²) in [6.07, 6.45) is 5.03. The van der Waals surface area contributed by atoms with Crippen molar-refractivity contribution < 1.29 is 9.59 Å². The largest absolute Gasteiger partial charge is 0.329 e. The van der Waals surface area contributed by atoms with E-state index in [2.05, 4.69) is 20.8 Å². The van der Waals surface area contributed by atoms with Crippen LogP contribution in [0.3, 0.4) is 0 Å². The summed E-state index contributed by atoms with van der Waals surface area (Å²) in [4.78, 5) is 29.1. The SMILES string of the molecule is CCC(CC)C(C)N1C(=O)C2CCCCN2C(=O)C1C. The van der Waals surface area contributed by atoms with Gasteiger partial charge in [0.1, 0.15) is 12.1 Å². The summed E-state index contributed by atoms with van der Waals surface area (Å²) in [7, 11) is 0. The van der Waals surface area contributed by atoms with E-state index in [1.165, 1.54) is 0 Å². The zero-order valence-electron chi connectivity index (χ0n) is 13.3. The number of hydrogen-bond acceptors (Lipinski definition) is 2. The second-order valence-corrected chi connectivity index (χ2v) is 6.28. The van der Waals surface area contributed by atoms with Crippen LogP contribution in [0, 0.1) is 5.92 Å². The number of carbonyl (C=O) groups excluding carboxylic acids is 2. The first-order chi connectivity index (χ1) is 9.52. The van der Waals surface area contributed by atoms with Crippen molar-refractivity contribution >= 4 is 11.8 Å². The average Bonchev–Trinajstić information content (AvgIpc) is 2.46. The number of rotatable bonds is 4. The van der Waals surface area contributed by atoms with E-state index in [1.54, 1.807) is 0 Å². The Bertz CT molecular complexity index is 379. The van der Waals surface area contributed by atoms with Gasteiger partial charge in [0.2, 0.25) is 11.8 Å². The number of fused-ring (bicyclic) bond motifs is 1. The summed E-state index contributed by atoms with van der Waals surface area (Å²) < 4.78 is 0. The van der Waals surface area contributed by atoms with Crippen LogP contribution in [-0.4, -0.2) is 46.3 Å². The highest BCUT2D eigenvalue weighted by Gasteiger charge is 2.46. The number of nitrogens with zero attached hydrogens (tertiary/aromatic N) is 2. The van der Waals surface area contributed by atoms with E-state index in [1.807, 2.05) is 16.7 Å². The smallest absolute Gasteiger partial charge is 0.246 e. The summed E-state index contributed by atoms with van der Waals surface area (Å²) in [6, 6.07) is -0.336. The lowest BCUT2D eigenvalue weighted by Crippen LogP contribution is -2.67. The van der Waals surface area contributed by atoms with Gasteiger partial charge in [-0.3, -0.25) is 9.59 Å². The standard InChI is InChI=1S/C16H28N2O2/c1-5-13(6-2)11(3)18-12(4)15(19)17-10-8-7-9-14(17)16(18)20/h11-14H,5-10H2,1-4H3. The molecule has 20 heavy (non-hydrogen) atoms. The van der Waals surface area contributed by atoms with Gasteiger partial charge in [0.05, 0.1) is 0 Å². The van der Waals surface area contributed by atoms with Crippen LogP contribution in [0.2, 0.25) is 0 Å². The van der Waals surface area contributed by atoms with Crippen LogP contribution < -0.4 is 0 Å². The number of amides is 2. The maximum absolute atomic E-state index is 12.8. The number of hydrogen-bond donors (Lipinski definition) is 0. The summed E-state index contributed by atoms with van der Waals surface area (Å²) >= 11 is 0. The van der Waals surface area contributed by atoms with Crippen LogP contribution in [0.15, 0.2) is 0 Å². The maximum atomic E-state index is 12.8. The van der Waals surface area contributed by atoms with Gasteiger partial charge in [-0.2, -0.15) is 0 Å². The van der Waals surface area contributed by atoms with Gasteiger partial charge in [-0.05, 0) is 39.0 Å². The lowest BCUT2D eigenvalue weighted by Gasteiger charge is -2.49. The molecule has 4 heteroatoms. The highest BCUT2D eigenvalue weighted by atomic mass is 16.2. The number of piperazine rings is 1. The molecule has 2 saturated heterocycles. The molecule has 0 aromatic heterocycles. The first kappa shape index (κ1) is 15.3. The van der Waals surface area contributed by atoms with Gasteiger partial charge < -0.3 is 9.80 Å². The summed E-state index contributed by atoms with van der Waals surface area (Å²) in [6.45, 7) is 9.09. The van der Waals surface area contributed by atoms with E-state index in [0.29, 0.717) is 5.92 Å². The van der Waals surface area contributed by atoms with Crippen LogP contribution in [-0.2, 0) is 9.59 Å². The molecule has 0 aromatic carbocycles. The highest BCUT2D eigenvalue weighted by Crippen LogP contribution is 2.30. The van der Waals surface area contributed by atoms with E-state index in [-0.39, 0.29) is 29.9 Å². The van der Waals surface area contributed by atoms with E-state index < -0.39 is 0 Å². The molecular weight excluding hydrogens is 252 g/mol. The first-order valence-electron chi connectivity index (χ1n) is 8.15. The predicted octanol–water partition coefficient (Wildman–Crippen LogP) is 2.42. The molecule has 2 fully saturated rings. The van der Waals surface area contributed by atoms with Crippen molar-refractivity contribution in [2.45, 2.75) is 77.9 Å². The van der Waals surface area contributed by atoms with Crippen molar-refractivity contribution in [1.82, 2.24) is 9.80 Å². The minimum atomic E-state index is -0.299. The quantitative estimate of drug-likeness (QED) is 0.793. The molecule has 0 saturated carbocycles. The lowest BCUT2D eigenvalue weighted by atomic mass is 9.89. The Morgan fingerprint density at radius 1 is 1.15 bits per heavy atom. The van der Waals surface area contributed by atoms with Gasteiger partial charge in [-0.15, -0.1) is 0 Å². The Balaban J connectivity index is 2.24. The number of carbonyl (C=O) groups is 2. The fraction of sp³-hybridized carbons (Fsp3) is 0.875. The Hall–Kier alpha value is -1.06. The third-order valence-corrected chi connectivity index (χ3v) is 5.27. The third-order valence-electron chi connectivity index (χ3n) is 5.27. The second-order valence-electron chi connectivity index (χ2n) is 6.28. The summed E-state index contributed by atoms with van der Waals surface area (Å²) in [5.41, 5.74) is 0. The van der Waals surface area contributed by atoms with Crippen LogP contribution in [0.25, 0.3) is 0 Å². The summed E-state index contributed by atoms with van der Waals surface area (Å²) in [5, 5.41) is 0. The lowest BCUT2D eigenvalue weighted by molar-refractivity contribution is -0.166. The minimum Gasteiger partial charge on any atom is -0.329 e. The van der Waals surface area contributed by atoms with Crippen LogP contribution in [0.1, 0.15) is 59.8 Å². The zero-order chi connectivity index (χ0) is 14.9. The molecule has 0 aromatic rings. The van der Waals surface area contributed by atoms with E-state index in [9.17, 15) is 9.59 Å². The molecule has 2 aliphatic heterocycles. The Kier molecular flexibility index (Phi) is 4.71. The fourth-order valence-electron chi connectivity index (χ4n) is 3.93. The van der Waals surface area contributed by atoms with E-state index >= 15 is 0 Å². The van der Waals surface area contributed by atoms with Crippen molar-refractivity contribution in [2.75, 3.05) is 6.54 Å². The Morgan fingerprint density at radius 2 is 1.80 bits per heavy atom. The van der Waals surface area contributed by atoms with Crippen LogP contribution >= 0.6 is 0 Å². The molecule has 2 heterocycles. The average molecular weight is 280 g/mol. The van der Waals surface area contributed by atoms with Crippen molar-refractivity contribution in [2.24, 2.45) is 5.92 Å². The van der Waals surface area contributed by atoms with Gasteiger partial charge in [-0.25, -0.2) is 0 Å². The second kappa shape index (κ2) is 6.15. The van der Waals surface area contributed by atoms with Gasteiger partial charge in [-0.1, -0.05) is 26.7 Å². The molecule has 2 amide bonds. The molecular formula is C16H28N2O2. The maximum Gasteiger partial charge on any atom is 0.246 e. The molecule has 3 unspecified atom stereocenters. The zero-order valence-corrected chi connectivity index (χ0v) is 13.3. The van der Waals surface area contributed by atoms with Gasteiger partial charge in [0, 0.05) is 12.6 Å². The van der Waals surface area contributed by atoms with E-state index in [4.69, 9.17) is 0 Å². The molecule has 2 rings (SSSR count). The van der Waals surface area contributed by atoms with Crippen molar-refractivity contribution in [3.63, 3.8) is 0 Å². The molecule has 0 bridgehead atoms. The minimum absolute atomic E-state index is 0.145. The van der Waals surface area contributed by atoms with Gasteiger partial charge >= 0.3 is 0 Å². The summed E-state index contributed by atoms with van der Waals surface area (Å²) in [5.74, 6) is 0.799.